The summed E-state index contributed by atoms with van der Waals surface area (Å²) in [5.41, 5.74) is 8.91. The number of aryl methyl sites for hydroxylation is 1. The summed E-state index contributed by atoms with van der Waals surface area (Å²) < 4.78 is 10.6. The molecule has 0 saturated carbocycles. The molecule has 0 saturated heterocycles. The van der Waals surface area contributed by atoms with E-state index in [9.17, 15) is 0 Å². The zero-order chi connectivity index (χ0) is 13.8. The molecule has 19 heavy (non-hydrogen) atoms. The minimum absolute atomic E-state index is 0.0782. The Hall–Kier alpha value is -1.81. The normalized spacial score (nSPS) is 12.4. The van der Waals surface area contributed by atoms with Crippen LogP contribution in [0.15, 0.2) is 28.8 Å². The van der Waals surface area contributed by atoms with Crippen molar-refractivity contribution >= 4 is 0 Å². The highest BCUT2D eigenvalue weighted by molar-refractivity contribution is 5.61. The van der Waals surface area contributed by atoms with E-state index in [0.717, 1.165) is 41.2 Å². The molecule has 1 aromatic heterocycles. The SMILES string of the molecule is CCCC(N)c1cc(-c2ccc(OC)c(C)c2)no1. The number of benzene rings is 1. The highest BCUT2D eigenvalue weighted by Gasteiger charge is 2.13. The third-order valence-electron chi connectivity index (χ3n) is 3.18. The highest BCUT2D eigenvalue weighted by Crippen LogP contribution is 2.27. The van der Waals surface area contributed by atoms with Crippen molar-refractivity contribution in [1.82, 2.24) is 5.16 Å². The maximum atomic E-state index is 6.02. The van der Waals surface area contributed by atoms with E-state index in [-0.39, 0.29) is 6.04 Å². The van der Waals surface area contributed by atoms with Gasteiger partial charge in [0.1, 0.15) is 11.4 Å². The van der Waals surface area contributed by atoms with Crippen LogP contribution in [0.25, 0.3) is 11.3 Å². The van der Waals surface area contributed by atoms with Crippen molar-refractivity contribution < 1.29 is 9.26 Å². The van der Waals surface area contributed by atoms with Crippen LogP contribution in [-0.4, -0.2) is 12.3 Å². The van der Waals surface area contributed by atoms with Crippen LogP contribution in [0.1, 0.15) is 37.1 Å². The Morgan fingerprint density at radius 3 is 2.79 bits per heavy atom. The molecule has 0 fully saturated rings. The van der Waals surface area contributed by atoms with Gasteiger partial charge in [-0.2, -0.15) is 0 Å². The second-order valence-electron chi connectivity index (χ2n) is 4.69. The summed E-state index contributed by atoms with van der Waals surface area (Å²) in [6, 6.07) is 7.78. The van der Waals surface area contributed by atoms with E-state index in [0.29, 0.717) is 0 Å². The van der Waals surface area contributed by atoms with Crippen LogP contribution in [0.5, 0.6) is 5.75 Å². The lowest BCUT2D eigenvalue weighted by Crippen LogP contribution is -2.08. The zero-order valence-electron chi connectivity index (χ0n) is 11.6. The molecule has 1 aromatic carbocycles. The third-order valence-corrected chi connectivity index (χ3v) is 3.18. The maximum absolute atomic E-state index is 6.02. The lowest BCUT2D eigenvalue weighted by atomic mass is 10.1. The molecule has 0 bridgehead atoms. The molecule has 0 aliphatic rings. The van der Waals surface area contributed by atoms with E-state index in [2.05, 4.69) is 12.1 Å². The van der Waals surface area contributed by atoms with Gasteiger partial charge in [0.25, 0.3) is 0 Å². The fourth-order valence-corrected chi connectivity index (χ4v) is 2.09. The molecule has 1 heterocycles. The van der Waals surface area contributed by atoms with E-state index in [1.165, 1.54) is 0 Å². The minimum atomic E-state index is -0.0782. The smallest absolute Gasteiger partial charge is 0.154 e. The predicted molar refractivity (Wildman–Crippen MR) is 75.1 cm³/mol. The van der Waals surface area contributed by atoms with E-state index in [4.69, 9.17) is 15.0 Å². The van der Waals surface area contributed by atoms with Crippen LogP contribution >= 0.6 is 0 Å². The topological polar surface area (TPSA) is 61.3 Å². The standard InChI is InChI=1S/C15H20N2O2/c1-4-5-12(16)15-9-13(17-19-15)11-6-7-14(18-3)10(2)8-11/h6-9,12H,4-5,16H2,1-3H3. The summed E-state index contributed by atoms with van der Waals surface area (Å²) in [6.45, 7) is 4.11. The van der Waals surface area contributed by atoms with Crippen molar-refractivity contribution in [3.05, 3.63) is 35.6 Å². The lowest BCUT2D eigenvalue weighted by Gasteiger charge is -2.05. The molecule has 0 spiro atoms. The van der Waals surface area contributed by atoms with Gasteiger partial charge in [-0.1, -0.05) is 18.5 Å². The van der Waals surface area contributed by atoms with Gasteiger partial charge >= 0.3 is 0 Å². The number of nitrogens with two attached hydrogens (primary N) is 1. The van der Waals surface area contributed by atoms with Crippen LogP contribution in [0.2, 0.25) is 0 Å². The van der Waals surface area contributed by atoms with E-state index >= 15 is 0 Å². The molecule has 2 aromatic rings. The van der Waals surface area contributed by atoms with Crippen LogP contribution in [-0.2, 0) is 0 Å². The largest absolute Gasteiger partial charge is 0.496 e. The molecule has 0 aliphatic carbocycles. The number of rotatable bonds is 5. The number of hydrogen-bond acceptors (Lipinski definition) is 4. The zero-order valence-corrected chi connectivity index (χ0v) is 11.6. The Bertz CT molecular complexity index is 549. The molecular formula is C15H20N2O2. The molecule has 2 rings (SSSR count). The molecule has 4 nitrogen and oxygen atoms in total. The first-order chi connectivity index (χ1) is 9.15. The summed E-state index contributed by atoms with van der Waals surface area (Å²) in [6.07, 6.45) is 1.93. The average molecular weight is 260 g/mol. The predicted octanol–water partition coefficient (Wildman–Crippen LogP) is 3.46. The Labute approximate surface area is 113 Å². The maximum Gasteiger partial charge on any atom is 0.154 e. The average Bonchev–Trinajstić information content (AvgIpc) is 2.88. The van der Waals surface area contributed by atoms with Crippen molar-refractivity contribution in [1.29, 1.82) is 0 Å². The third kappa shape index (κ3) is 2.96. The summed E-state index contributed by atoms with van der Waals surface area (Å²) in [7, 11) is 1.67. The van der Waals surface area contributed by atoms with Crippen molar-refractivity contribution in [2.75, 3.05) is 7.11 Å². The number of hydrogen-bond donors (Lipinski definition) is 1. The number of nitrogens with zero attached hydrogens (tertiary/aromatic N) is 1. The minimum Gasteiger partial charge on any atom is -0.496 e. The first kappa shape index (κ1) is 13.6. The van der Waals surface area contributed by atoms with E-state index < -0.39 is 0 Å². The van der Waals surface area contributed by atoms with Crippen molar-refractivity contribution in [3.8, 4) is 17.0 Å². The van der Waals surface area contributed by atoms with Gasteiger partial charge in [0.05, 0.1) is 13.2 Å². The van der Waals surface area contributed by atoms with Crippen molar-refractivity contribution in [2.24, 2.45) is 5.73 Å². The van der Waals surface area contributed by atoms with Gasteiger partial charge in [0, 0.05) is 11.6 Å². The quantitative estimate of drug-likeness (QED) is 0.894. The van der Waals surface area contributed by atoms with Crippen molar-refractivity contribution in [3.63, 3.8) is 0 Å². The number of methoxy groups -OCH3 is 1. The molecule has 0 amide bonds. The van der Waals surface area contributed by atoms with Gasteiger partial charge in [0.15, 0.2) is 5.76 Å². The van der Waals surface area contributed by atoms with Gasteiger partial charge in [-0.3, -0.25) is 0 Å². The molecule has 1 unspecified atom stereocenters. The number of aromatic nitrogens is 1. The van der Waals surface area contributed by atoms with Gasteiger partial charge in [-0.25, -0.2) is 0 Å². The highest BCUT2D eigenvalue weighted by atomic mass is 16.5. The van der Waals surface area contributed by atoms with Gasteiger partial charge in [-0.15, -0.1) is 0 Å². The van der Waals surface area contributed by atoms with E-state index in [1.54, 1.807) is 7.11 Å². The van der Waals surface area contributed by atoms with Crippen LogP contribution in [0, 0.1) is 6.92 Å². The van der Waals surface area contributed by atoms with E-state index in [1.807, 2.05) is 31.2 Å². The molecule has 1 atom stereocenters. The fourth-order valence-electron chi connectivity index (χ4n) is 2.09. The summed E-state index contributed by atoms with van der Waals surface area (Å²) in [5.74, 6) is 1.61. The fraction of sp³-hybridized carbons (Fsp3) is 0.400. The summed E-state index contributed by atoms with van der Waals surface area (Å²) in [5, 5.41) is 4.09. The molecular weight excluding hydrogens is 240 g/mol. The molecule has 2 N–H and O–H groups in total. The van der Waals surface area contributed by atoms with Crippen LogP contribution in [0.4, 0.5) is 0 Å². The summed E-state index contributed by atoms with van der Waals surface area (Å²) >= 11 is 0. The van der Waals surface area contributed by atoms with Gasteiger partial charge in [0.2, 0.25) is 0 Å². The molecule has 102 valence electrons. The van der Waals surface area contributed by atoms with Gasteiger partial charge < -0.3 is 15.0 Å². The lowest BCUT2D eigenvalue weighted by molar-refractivity contribution is 0.356. The molecule has 4 heteroatoms. The summed E-state index contributed by atoms with van der Waals surface area (Å²) in [4.78, 5) is 0. The molecule has 0 radical (unpaired) electrons. The van der Waals surface area contributed by atoms with Crippen molar-refractivity contribution in [2.45, 2.75) is 32.7 Å². The Balaban J connectivity index is 2.25. The monoisotopic (exact) mass is 260 g/mol. The second-order valence-corrected chi connectivity index (χ2v) is 4.69. The first-order valence-corrected chi connectivity index (χ1v) is 6.53. The molecule has 0 aliphatic heterocycles. The van der Waals surface area contributed by atoms with Crippen LogP contribution in [0.3, 0.4) is 0 Å². The first-order valence-electron chi connectivity index (χ1n) is 6.53. The Morgan fingerprint density at radius 2 is 2.16 bits per heavy atom. The van der Waals surface area contributed by atoms with Crippen LogP contribution < -0.4 is 10.5 Å². The Morgan fingerprint density at radius 1 is 1.37 bits per heavy atom. The van der Waals surface area contributed by atoms with Gasteiger partial charge in [-0.05, 0) is 37.1 Å². The second kappa shape index (κ2) is 5.89. The Kier molecular flexibility index (Phi) is 4.22. The number of ether oxygens (including phenoxy) is 1.